The number of fused-ring (bicyclic) bond motifs is 1. The van der Waals surface area contributed by atoms with Gasteiger partial charge in [-0.15, -0.1) is 0 Å². The summed E-state index contributed by atoms with van der Waals surface area (Å²) in [5, 5.41) is 9.57. The van der Waals surface area contributed by atoms with Crippen LogP contribution in [-0.4, -0.2) is 26.4 Å². The van der Waals surface area contributed by atoms with Gasteiger partial charge in [0.25, 0.3) is 0 Å². The fourth-order valence-electron chi connectivity index (χ4n) is 3.99. The highest BCUT2D eigenvalue weighted by atomic mass is 16.5. The zero-order valence-corrected chi connectivity index (χ0v) is 20.7. The highest BCUT2D eigenvalue weighted by molar-refractivity contribution is 5.96. The van der Waals surface area contributed by atoms with E-state index < -0.39 is 17.5 Å². The molecule has 0 radical (unpaired) electrons. The first kappa shape index (κ1) is 24.2. The molecule has 2 aromatic heterocycles. The molecule has 0 amide bonds. The first-order valence-electron chi connectivity index (χ1n) is 11.7. The molecule has 0 saturated heterocycles. The van der Waals surface area contributed by atoms with Gasteiger partial charge in [-0.25, -0.2) is 9.78 Å². The van der Waals surface area contributed by atoms with Gasteiger partial charge < -0.3 is 9.84 Å². The van der Waals surface area contributed by atoms with Gasteiger partial charge in [-0.05, 0) is 68.5 Å². The largest absolute Gasteiger partial charge is 0.478 e. The highest BCUT2D eigenvalue weighted by Gasteiger charge is 2.29. The maximum Gasteiger partial charge on any atom is 0.336 e. The first-order valence-corrected chi connectivity index (χ1v) is 11.7. The van der Waals surface area contributed by atoms with Gasteiger partial charge in [0.05, 0.1) is 22.4 Å². The molecule has 0 spiro atoms. The highest BCUT2D eigenvalue weighted by Crippen LogP contribution is 2.33. The van der Waals surface area contributed by atoms with Crippen LogP contribution < -0.4 is 0 Å². The predicted molar refractivity (Wildman–Crippen MR) is 136 cm³/mol. The molecule has 0 fully saturated rings. The second-order valence-electron chi connectivity index (χ2n) is 9.73. The van der Waals surface area contributed by atoms with E-state index in [1.165, 1.54) is 0 Å². The van der Waals surface area contributed by atoms with Crippen LogP contribution in [0.15, 0.2) is 66.9 Å². The summed E-state index contributed by atoms with van der Waals surface area (Å²) >= 11 is 0. The van der Waals surface area contributed by atoms with E-state index >= 15 is 0 Å². The fourth-order valence-corrected chi connectivity index (χ4v) is 3.99. The number of benzene rings is 2. The van der Waals surface area contributed by atoms with Crippen molar-refractivity contribution in [2.24, 2.45) is 5.41 Å². The molecule has 0 aliphatic carbocycles. The molecule has 35 heavy (non-hydrogen) atoms. The maximum absolute atomic E-state index is 13.0. The number of carbonyl (C=O) groups is 2. The summed E-state index contributed by atoms with van der Waals surface area (Å²) in [7, 11) is 0. The lowest BCUT2D eigenvalue weighted by Crippen LogP contribution is -2.26. The summed E-state index contributed by atoms with van der Waals surface area (Å²) in [6.45, 7) is 9.55. The first-order chi connectivity index (χ1) is 16.6. The number of aromatic carboxylic acids is 1. The van der Waals surface area contributed by atoms with Gasteiger partial charge in [0.15, 0.2) is 6.10 Å². The second-order valence-corrected chi connectivity index (χ2v) is 9.73. The zero-order valence-electron chi connectivity index (χ0n) is 20.7. The van der Waals surface area contributed by atoms with Crippen molar-refractivity contribution < 1.29 is 19.4 Å². The van der Waals surface area contributed by atoms with Crippen molar-refractivity contribution >= 4 is 17.6 Å². The predicted octanol–water partition coefficient (Wildman–Crippen LogP) is 6.25. The van der Waals surface area contributed by atoms with E-state index in [9.17, 15) is 14.7 Å². The number of carbonyl (C=O) groups excluding carboxylic acids is 1. The van der Waals surface area contributed by atoms with Crippen LogP contribution in [0.1, 0.15) is 66.7 Å². The van der Waals surface area contributed by atoms with Crippen molar-refractivity contribution in [2.45, 2.75) is 47.1 Å². The number of hydrogen-bond donors (Lipinski definition) is 1. The van der Waals surface area contributed by atoms with Crippen LogP contribution in [0.4, 0.5) is 0 Å². The molecule has 6 heteroatoms. The minimum atomic E-state index is -0.976. The van der Waals surface area contributed by atoms with Gasteiger partial charge >= 0.3 is 11.9 Å². The summed E-state index contributed by atoms with van der Waals surface area (Å²) in [5.74, 6) is -1.29. The van der Waals surface area contributed by atoms with Crippen molar-refractivity contribution in [1.29, 1.82) is 0 Å². The van der Waals surface area contributed by atoms with E-state index in [-0.39, 0.29) is 11.5 Å². The molecule has 4 rings (SSSR count). The van der Waals surface area contributed by atoms with Gasteiger partial charge in [-0.1, -0.05) is 55.5 Å². The van der Waals surface area contributed by atoms with Crippen LogP contribution in [0.3, 0.4) is 0 Å². The van der Waals surface area contributed by atoms with E-state index in [0.717, 1.165) is 40.1 Å². The van der Waals surface area contributed by atoms with Gasteiger partial charge in [-0.3, -0.25) is 9.20 Å². The molecule has 2 aromatic carbocycles. The lowest BCUT2D eigenvalue weighted by Gasteiger charge is -2.25. The summed E-state index contributed by atoms with van der Waals surface area (Å²) in [6, 6.07) is 18.4. The standard InChI is InChI=1S/C29H30N2O4/c1-6-21-17-31-24(16-11-18(2)26(31)30-21)25(35-28(34)29(3,4)5)20-14-12-19(13-15-20)22-9-7-8-10-23(22)27(32)33/h7-17,25H,6H2,1-5H3,(H,32,33)/t25-/m1/s1. The SMILES string of the molecule is CCc1cn2c([C@H](OC(=O)C(C)(C)C)c3ccc(-c4ccccc4C(=O)O)cc3)ccc(C)c2n1. The number of rotatable bonds is 6. The fraction of sp³-hybridized carbons (Fsp3) is 0.276. The molecular weight excluding hydrogens is 440 g/mol. The minimum Gasteiger partial charge on any atom is -0.478 e. The molecule has 0 saturated carbocycles. The van der Waals surface area contributed by atoms with Crippen molar-refractivity contribution in [3.63, 3.8) is 0 Å². The summed E-state index contributed by atoms with van der Waals surface area (Å²) in [5.41, 5.74) is 5.39. The zero-order chi connectivity index (χ0) is 25.3. The van der Waals surface area contributed by atoms with Crippen LogP contribution in [0, 0.1) is 12.3 Å². The summed E-state index contributed by atoms with van der Waals surface area (Å²) < 4.78 is 8.11. The van der Waals surface area contributed by atoms with Gasteiger partial charge in [0.2, 0.25) is 0 Å². The van der Waals surface area contributed by atoms with Crippen LogP contribution in [0.25, 0.3) is 16.8 Å². The number of pyridine rings is 1. The number of esters is 1. The molecule has 4 aromatic rings. The van der Waals surface area contributed by atoms with Crippen molar-refractivity contribution in [3.8, 4) is 11.1 Å². The lowest BCUT2D eigenvalue weighted by molar-refractivity contribution is -0.157. The molecule has 1 atom stereocenters. The van der Waals surface area contributed by atoms with E-state index in [1.54, 1.807) is 18.2 Å². The number of imidazole rings is 1. The quantitative estimate of drug-likeness (QED) is 0.337. The Balaban J connectivity index is 1.83. The lowest BCUT2D eigenvalue weighted by atomic mass is 9.95. The molecule has 180 valence electrons. The number of nitrogens with zero attached hydrogens (tertiary/aromatic N) is 2. The molecule has 0 unspecified atom stereocenters. The molecular formula is C29H30N2O4. The molecule has 0 aliphatic heterocycles. The normalized spacial score (nSPS) is 12.5. The van der Waals surface area contributed by atoms with Crippen molar-refractivity contribution in [3.05, 3.63) is 94.9 Å². The third-order valence-electron chi connectivity index (χ3n) is 6.04. The van der Waals surface area contributed by atoms with Crippen LogP contribution in [0.2, 0.25) is 0 Å². The Morgan fingerprint density at radius 3 is 2.34 bits per heavy atom. The Morgan fingerprint density at radius 2 is 1.71 bits per heavy atom. The molecule has 2 heterocycles. The number of aromatic nitrogens is 2. The van der Waals surface area contributed by atoms with Crippen molar-refractivity contribution in [2.75, 3.05) is 0 Å². The Morgan fingerprint density at radius 1 is 1.03 bits per heavy atom. The third kappa shape index (κ3) is 4.83. The van der Waals surface area contributed by atoms with Gasteiger partial charge in [0.1, 0.15) is 5.65 Å². The topological polar surface area (TPSA) is 80.9 Å². The van der Waals surface area contributed by atoms with Crippen LogP contribution in [0.5, 0.6) is 0 Å². The van der Waals surface area contributed by atoms with E-state index in [0.29, 0.717) is 5.56 Å². The number of carboxylic acids is 1. The summed E-state index contributed by atoms with van der Waals surface area (Å²) in [6.07, 6.45) is 2.13. The minimum absolute atomic E-state index is 0.238. The van der Waals surface area contributed by atoms with E-state index in [4.69, 9.17) is 9.72 Å². The van der Waals surface area contributed by atoms with E-state index in [2.05, 4.69) is 6.92 Å². The van der Waals surface area contributed by atoms with Gasteiger partial charge in [0, 0.05) is 6.20 Å². The molecule has 0 bridgehead atoms. The number of carboxylic acid groups (broad SMARTS) is 1. The molecule has 0 aliphatic rings. The molecule has 1 N–H and O–H groups in total. The van der Waals surface area contributed by atoms with Crippen LogP contribution >= 0.6 is 0 Å². The average Bonchev–Trinajstić information content (AvgIpc) is 3.28. The second kappa shape index (κ2) is 9.37. The number of hydrogen-bond acceptors (Lipinski definition) is 4. The van der Waals surface area contributed by atoms with E-state index in [1.807, 2.05) is 80.8 Å². The number of aryl methyl sites for hydroxylation is 2. The average molecular weight is 471 g/mol. The monoisotopic (exact) mass is 470 g/mol. The van der Waals surface area contributed by atoms with Crippen molar-refractivity contribution in [1.82, 2.24) is 9.38 Å². The smallest absolute Gasteiger partial charge is 0.336 e. The Labute approximate surface area is 205 Å². The molecule has 6 nitrogen and oxygen atoms in total. The Kier molecular flexibility index (Phi) is 6.48. The maximum atomic E-state index is 13.0. The summed E-state index contributed by atoms with van der Waals surface area (Å²) in [4.78, 5) is 29.4. The third-order valence-corrected chi connectivity index (χ3v) is 6.04. The van der Waals surface area contributed by atoms with Gasteiger partial charge in [-0.2, -0.15) is 0 Å². The Bertz CT molecular complexity index is 1390. The van der Waals surface area contributed by atoms with Crippen LogP contribution in [-0.2, 0) is 16.0 Å². The Hall–Kier alpha value is -3.93. The number of ether oxygens (including phenoxy) is 1.